The molecule has 0 N–H and O–H groups in total. The third-order valence-electron chi connectivity index (χ3n) is 4.94. The van der Waals surface area contributed by atoms with Gasteiger partial charge >= 0.3 is 6.18 Å². The van der Waals surface area contributed by atoms with Crippen molar-refractivity contribution in [1.82, 2.24) is 14.5 Å². The van der Waals surface area contributed by atoms with E-state index in [4.69, 9.17) is 0 Å². The first-order valence-electron chi connectivity index (χ1n) is 8.84. The maximum absolute atomic E-state index is 12.8. The number of alkyl halides is 3. The molecule has 6 heteroatoms. The number of rotatable bonds is 5. The molecule has 0 radical (unpaired) electrons. The highest BCUT2D eigenvalue weighted by molar-refractivity contribution is 5.25. The first-order valence-corrected chi connectivity index (χ1v) is 8.84. The molecule has 0 saturated carbocycles. The number of piperidine rings is 1. The van der Waals surface area contributed by atoms with E-state index in [9.17, 15) is 13.2 Å². The molecule has 2 aromatic rings. The van der Waals surface area contributed by atoms with Crippen LogP contribution < -0.4 is 0 Å². The third-order valence-corrected chi connectivity index (χ3v) is 4.94. The van der Waals surface area contributed by atoms with Gasteiger partial charge in [0, 0.05) is 31.9 Å². The first-order chi connectivity index (χ1) is 12.0. The summed E-state index contributed by atoms with van der Waals surface area (Å²) < 4.78 is 40.7. The summed E-state index contributed by atoms with van der Waals surface area (Å²) in [7, 11) is 0. The Balaban J connectivity index is 1.53. The maximum atomic E-state index is 12.8. The van der Waals surface area contributed by atoms with Crippen molar-refractivity contribution in [3.8, 4) is 0 Å². The van der Waals surface area contributed by atoms with E-state index in [0.29, 0.717) is 12.5 Å². The van der Waals surface area contributed by atoms with Gasteiger partial charge in [-0.3, -0.25) is 4.90 Å². The van der Waals surface area contributed by atoms with Crippen molar-refractivity contribution in [2.24, 2.45) is 5.92 Å². The van der Waals surface area contributed by atoms with Crippen LogP contribution in [0.25, 0.3) is 0 Å². The van der Waals surface area contributed by atoms with Gasteiger partial charge in [0.25, 0.3) is 0 Å². The van der Waals surface area contributed by atoms with Gasteiger partial charge in [-0.25, -0.2) is 4.98 Å². The number of halogens is 3. The lowest BCUT2D eigenvalue weighted by Gasteiger charge is -2.32. The highest BCUT2D eigenvalue weighted by atomic mass is 19.4. The Morgan fingerprint density at radius 1 is 1.20 bits per heavy atom. The summed E-state index contributed by atoms with van der Waals surface area (Å²) in [6.07, 6.45) is 2.68. The molecule has 1 aliphatic rings. The molecule has 3 nitrogen and oxygen atoms in total. The van der Waals surface area contributed by atoms with Crippen LogP contribution in [0.15, 0.2) is 36.7 Å². The summed E-state index contributed by atoms with van der Waals surface area (Å²) in [5.41, 5.74) is 0.170. The zero-order valence-corrected chi connectivity index (χ0v) is 14.5. The Hall–Kier alpha value is -1.82. The minimum Gasteiger partial charge on any atom is -0.335 e. The number of imidazole rings is 1. The fraction of sp³-hybridized carbons (Fsp3) is 0.526. The molecule has 1 aromatic carbocycles. The summed E-state index contributed by atoms with van der Waals surface area (Å²) in [5.74, 6) is 1.73. The molecule has 0 aliphatic carbocycles. The van der Waals surface area contributed by atoms with Crippen molar-refractivity contribution < 1.29 is 13.2 Å². The molecule has 25 heavy (non-hydrogen) atoms. The van der Waals surface area contributed by atoms with Crippen LogP contribution in [0.5, 0.6) is 0 Å². The number of likely N-dealkylation sites (tertiary alicyclic amines) is 1. The topological polar surface area (TPSA) is 21.1 Å². The second-order valence-electron chi connectivity index (χ2n) is 6.77. The van der Waals surface area contributed by atoms with Gasteiger partial charge in [-0.2, -0.15) is 13.2 Å². The Bertz CT molecular complexity index is 685. The monoisotopic (exact) mass is 351 g/mol. The fourth-order valence-electron chi connectivity index (χ4n) is 3.53. The SMILES string of the molecule is CCc1nccn1CC1CCN(Cc2cccc(C(F)(F)F)c2)CC1. The van der Waals surface area contributed by atoms with Crippen LogP contribution in [-0.4, -0.2) is 27.5 Å². The normalized spacial score (nSPS) is 17.1. The summed E-state index contributed by atoms with van der Waals surface area (Å²) in [6.45, 7) is 5.53. The quantitative estimate of drug-likeness (QED) is 0.797. The van der Waals surface area contributed by atoms with Crippen LogP contribution in [0.2, 0.25) is 0 Å². The van der Waals surface area contributed by atoms with E-state index in [-0.39, 0.29) is 0 Å². The van der Waals surface area contributed by atoms with E-state index >= 15 is 0 Å². The van der Waals surface area contributed by atoms with Gasteiger partial charge in [-0.05, 0) is 43.5 Å². The van der Waals surface area contributed by atoms with E-state index in [1.807, 2.05) is 12.4 Å². The van der Waals surface area contributed by atoms with Gasteiger partial charge in [-0.1, -0.05) is 25.1 Å². The van der Waals surface area contributed by atoms with Crippen LogP contribution in [0.3, 0.4) is 0 Å². The van der Waals surface area contributed by atoms with Crippen molar-refractivity contribution >= 4 is 0 Å². The first kappa shape index (κ1) is 18.0. The lowest BCUT2D eigenvalue weighted by Crippen LogP contribution is -2.34. The Kier molecular flexibility index (Phi) is 5.47. The lowest BCUT2D eigenvalue weighted by molar-refractivity contribution is -0.137. The van der Waals surface area contributed by atoms with Crippen LogP contribution in [-0.2, 0) is 25.7 Å². The minimum atomic E-state index is -4.27. The number of aromatic nitrogens is 2. The highest BCUT2D eigenvalue weighted by Crippen LogP contribution is 2.30. The largest absolute Gasteiger partial charge is 0.416 e. The Morgan fingerprint density at radius 3 is 2.64 bits per heavy atom. The summed E-state index contributed by atoms with van der Waals surface area (Å²) in [4.78, 5) is 6.61. The molecule has 1 aliphatic heterocycles. The maximum Gasteiger partial charge on any atom is 0.416 e. The molecule has 1 aromatic heterocycles. The molecule has 1 saturated heterocycles. The predicted molar refractivity (Wildman–Crippen MR) is 91.1 cm³/mol. The molecular weight excluding hydrogens is 327 g/mol. The van der Waals surface area contributed by atoms with Gasteiger partial charge in [0.05, 0.1) is 5.56 Å². The number of aryl methyl sites for hydroxylation is 1. The molecule has 136 valence electrons. The lowest BCUT2D eigenvalue weighted by atomic mass is 9.96. The van der Waals surface area contributed by atoms with Crippen molar-refractivity contribution in [1.29, 1.82) is 0 Å². The van der Waals surface area contributed by atoms with Gasteiger partial charge in [-0.15, -0.1) is 0 Å². The molecular formula is C19H24F3N3. The molecule has 0 atom stereocenters. The van der Waals surface area contributed by atoms with E-state index < -0.39 is 11.7 Å². The van der Waals surface area contributed by atoms with Crippen molar-refractivity contribution in [3.05, 3.63) is 53.6 Å². The van der Waals surface area contributed by atoms with Crippen LogP contribution >= 0.6 is 0 Å². The molecule has 1 fully saturated rings. The Labute approximate surface area is 146 Å². The number of hydrogen-bond donors (Lipinski definition) is 0. The Morgan fingerprint density at radius 2 is 1.96 bits per heavy atom. The molecule has 2 heterocycles. The second kappa shape index (κ2) is 7.60. The van der Waals surface area contributed by atoms with Crippen molar-refractivity contribution in [2.75, 3.05) is 13.1 Å². The van der Waals surface area contributed by atoms with E-state index in [0.717, 1.165) is 56.4 Å². The predicted octanol–water partition coefficient (Wildman–Crippen LogP) is 4.38. The average molecular weight is 351 g/mol. The van der Waals surface area contributed by atoms with Crippen LogP contribution in [0.1, 0.15) is 36.7 Å². The van der Waals surface area contributed by atoms with Crippen molar-refractivity contribution in [2.45, 2.75) is 45.5 Å². The minimum absolute atomic E-state index is 0.563. The van der Waals surface area contributed by atoms with Crippen LogP contribution in [0.4, 0.5) is 13.2 Å². The molecule has 3 rings (SSSR count). The average Bonchev–Trinajstić information content (AvgIpc) is 3.03. The molecule has 0 amide bonds. The number of hydrogen-bond acceptors (Lipinski definition) is 2. The van der Waals surface area contributed by atoms with Crippen molar-refractivity contribution in [3.63, 3.8) is 0 Å². The van der Waals surface area contributed by atoms with E-state index in [2.05, 4.69) is 21.4 Å². The summed E-state index contributed by atoms with van der Waals surface area (Å²) in [6, 6.07) is 5.67. The molecule has 0 unspecified atom stereocenters. The standard InChI is InChI=1S/C19H24F3N3/c1-2-18-23-8-11-25(18)14-15-6-9-24(10-7-15)13-16-4-3-5-17(12-16)19(20,21)22/h3-5,8,11-12,15H,2,6-7,9-10,13-14H2,1H3. The molecule has 0 bridgehead atoms. The van der Waals surface area contributed by atoms with Crippen LogP contribution in [0, 0.1) is 5.92 Å². The van der Waals surface area contributed by atoms with Gasteiger partial charge in [0.15, 0.2) is 0 Å². The zero-order valence-electron chi connectivity index (χ0n) is 14.5. The van der Waals surface area contributed by atoms with E-state index in [1.165, 1.54) is 12.1 Å². The van der Waals surface area contributed by atoms with Gasteiger partial charge in [0.1, 0.15) is 5.82 Å². The highest BCUT2D eigenvalue weighted by Gasteiger charge is 2.30. The van der Waals surface area contributed by atoms with Gasteiger partial charge in [0.2, 0.25) is 0 Å². The zero-order chi connectivity index (χ0) is 17.9. The number of nitrogens with zero attached hydrogens (tertiary/aromatic N) is 3. The summed E-state index contributed by atoms with van der Waals surface area (Å²) >= 11 is 0. The fourth-order valence-corrected chi connectivity index (χ4v) is 3.53. The summed E-state index contributed by atoms with van der Waals surface area (Å²) in [5, 5.41) is 0. The smallest absolute Gasteiger partial charge is 0.335 e. The second-order valence-corrected chi connectivity index (χ2v) is 6.77. The van der Waals surface area contributed by atoms with Gasteiger partial charge < -0.3 is 4.57 Å². The number of benzene rings is 1. The third kappa shape index (κ3) is 4.63. The van der Waals surface area contributed by atoms with E-state index in [1.54, 1.807) is 6.07 Å². The molecule has 0 spiro atoms.